The number of benzene rings is 2. The first-order valence-electron chi connectivity index (χ1n) is 6.75. The summed E-state index contributed by atoms with van der Waals surface area (Å²) in [4.78, 5) is 23.8. The van der Waals surface area contributed by atoms with Crippen LogP contribution in [0.1, 0.15) is 33.2 Å². The van der Waals surface area contributed by atoms with Crippen molar-refractivity contribution >= 4 is 17.8 Å². The average molecular weight is 280 g/mol. The highest BCUT2D eigenvalue weighted by atomic mass is 16.5. The van der Waals surface area contributed by atoms with E-state index in [0.717, 1.165) is 5.56 Å². The van der Waals surface area contributed by atoms with Crippen LogP contribution in [0.4, 0.5) is 0 Å². The highest BCUT2D eigenvalue weighted by Gasteiger charge is 2.09. The van der Waals surface area contributed by atoms with Crippen molar-refractivity contribution in [2.24, 2.45) is 0 Å². The summed E-state index contributed by atoms with van der Waals surface area (Å²) in [5.41, 5.74) is 1.80. The molecule has 0 heterocycles. The number of rotatable bonds is 5. The molecule has 0 aromatic heterocycles. The van der Waals surface area contributed by atoms with Gasteiger partial charge in [-0.1, -0.05) is 48.5 Å². The Morgan fingerprint density at radius 2 is 1.71 bits per heavy atom. The second-order valence-electron chi connectivity index (χ2n) is 4.41. The minimum atomic E-state index is -0.417. The van der Waals surface area contributed by atoms with Crippen molar-refractivity contribution in [2.75, 3.05) is 6.61 Å². The number of hydrogen-bond acceptors (Lipinski definition) is 3. The van der Waals surface area contributed by atoms with Crippen molar-refractivity contribution < 1.29 is 14.3 Å². The molecule has 0 bridgehead atoms. The van der Waals surface area contributed by atoms with E-state index in [2.05, 4.69) is 0 Å². The fraction of sp³-hybridized carbons (Fsp3) is 0.111. The van der Waals surface area contributed by atoms with Crippen LogP contribution < -0.4 is 0 Å². The van der Waals surface area contributed by atoms with Gasteiger partial charge in [0.05, 0.1) is 12.2 Å². The Kier molecular flexibility index (Phi) is 5.04. The topological polar surface area (TPSA) is 43.4 Å². The smallest absolute Gasteiger partial charge is 0.338 e. The lowest BCUT2D eigenvalue weighted by atomic mass is 10.1. The van der Waals surface area contributed by atoms with Crippen molar-refractivity contribution in [3.8, 4) is 0 Å². The molecule has 2 aromatic rings. The maximum atomic E-state index is 12.1. The van der Waals surface area contributed by atoms with E-state index in [1.54, 1.807) is 37.3 Å². The van der Waals surface area contributed by atoms with E-state index in [9.17, 15) is 9.59 Å². The molecule has 0 saturated heterocycles. The first-order chi connectivity index (χ1) is 10.2. The van der Waals surface area contributed by atoms with Crippen molar-refractivity contribution in [1.29, 1.82) is 0 Å². The minimum Gasteiger partial charge on any atom is -0.462 e. The van der Waals surface area contributed by atoms with Gasteiger partial charge in [-0.2, -0.15) is 0 Å². The van der Waals surface area contributed by atoms with Crippen molar-refractivity contribution in [3.05, 3.63) is 77.4 Å². The van der Waals surface area contributed by atoms with Crippen LogP contribution in [-0.2, 0) is 4.74 Å². The molecule has 0 amide bonds. The van der Waals surface area contributed by atoms with Gasteiger partial charge < -0.3 is 4.74 Å². The number of carbonyl (C=O) groups excluding carboxylic acids is 2. The Hall–Kier alpha value is -2.68. The monoisotopic (exact) mass is 280 g/mol. The summed E-state index contributed by atoms with van der Waals surface area (Å²) >= 11 is 0. The van der Waals surface area contributed by atoms with E-state index < -0.39 is 5.97 Å². The fourth-order valence-corrected chi connectivity index (χ4v) is 1.85. The molecule has 0 saturated carbocycles. The molecular formula is C18H16O3. The third-order valence-corrected chi connectivity index (χ3v) is 2.88. The maximum absolute atomic E-state index is 12.1. The van der Waals surface area contributed by atoms with Crippen LogP contribution in [0.2, 0.25) is 0 Å². The van der Waals surface area contributed by atoms with Gasteiger partial charge >= 0.3 is 5.97 Å². The maximum Gasteiger partial charge on any atom is 0.338 e. The summed E-state index contributed by atoms with van der Waals surface area (Å²) < 4.78 is 4.92. The summed E-state index contributed by atoms with van der Waals surface area (Å²) in [6.07, 6.45) is 3.25. The third kappa shape index (κ3) is 4.14. The third-order valence-electron chi connectivity index (χ3n) is 2.88. The van der Waals surface area contributed by atoms with Gasteiger partial charge in [-0.15, -0.1) is 0 Å². The predicted molar refractivity (Wildman–Crippen MR) is 82.2 cm³/mol. The van der Waals surface area contributed by atoms with E-state index >= 15 is 0 Å². The van der Waals surface area contributed by atoms with Gasteiger partial charge in [-0.25, -0.2) is 4.79 Å². The molecule has 0 aliphatic carbocycles. The molecule has 3 heteroatoms. The quantitative estimate of drug-likeness (QED) is 0.476. The molecule has 0 radical (unpaired) electrons. The van der Waals surface area contributed by atoms with E-state index in [4.69, 9.17) is 4.74 Å². The van der Waals surface area contributed by atoms with Gasteiger partial charge in [0.15, 0.2) is 5.78 Å². The Morgan fingerprint density at radius 3 is 2.43 bits per heavy atom. The van der Waals surface area contributed by atoms with Crippen molar-refractivity contribution in [3.63, 3.8) is 0 Å². The Bertz CT molecular complexity index is 657. The number of carbonyl (C=O) groups is 2. The average Bonchev–Trinajstić information content (AvgIpc) is 2.54. The molecule has 2 rings (SSSR count). The van der Waals surface area contributed by atoms with Gasteiger partial charge in [0, 0.05) is 5.56 Å². The first kappa shape index (κ1) is 14.7. The lowest BCUT2D eigenvalue weighted by Gasteiger charge is -2.03. The molecule has 0 N–H and O–H groups in total. The van der Waals surface area contributed by atoms with Crippen LogP contribution in [0, 0.1) is 0 Å². The molecule has 0 spiro atoms. The van der Waals surface area contributed by atoms with Crippen LogP contribution >= 0.6 is 0 Å². The van der Waals surface area contributed by atoms with Crippen LogP contribution in [0.5, 0.6) is 0 Å². The lowest BCUT2D eigenvalue weighted by molar-refractivity contribution is 0.0526. The largest absolute Gasteiger partial charge is 0.462 e. The lowest BCUT2D eigenvalue weighted by Crippen LogP contribution is -2.06. The summed E-state index contributed by atoms with van der Waals surface area (Å²) in [7, 11) is 0. The highest BCUT2D eigenvalue weighted by Crippen LogP contribution is 2.10. The number of ether oxygens (including phenoxy) is 1. The van der Waals surface area contributed by atoms with Crippen LogP contribution in [0.15, 0.2) is 60.7 Å². The van der Waals surface area contributed by atoms with Gasteiger partial charge in [0.2, 0.25) is 0 Å². The fourth-order valence-electron chi connectivity index (χ4n) is 1.85. The molecule has 3 nitrogen and oxygen atoms in total. The summed E-state index contributed by atoms with van der Waals surface area (Å²) in [6, 6.07) is 16.1. The Labute approximate surface area is 123 Å². The predicted octanol–water partition coefficient (Wildman–Crippen LogP) is 3.76. The molecule has 21 heavy (non-hydrogen) atoms. The van der Waals surface area contributed by atoms with Gasteiger partial charge in [-0.3, -0.25) is 4.79 Å². The van der Waals surface area contributed by atoms with Crippen LogP contribution in [0.3, 0.4) is 0 Å². The zero-order valence-corrected chi connectivity index (χ0v) is 11.8. The van der Waals surface area contributed by atoms with Gasteiger partial charge in [-0.05, 0) is 30.7 Å². The Balaban J connectivity index is 2.14. The molecule has 0 unspecified atom stereocenters. The molecule has 0 atom stereocenters. The van der Waals surface area contributed by atoms with E-state index in [0.29, 0.717) is 17.7 Å². The molecule has 0 aliphatic rings. The normalized spacial score (nSPS) is 10.5. The van der Waals surface area contributed by atoms with E-state index in [1.165, 1.54) is 6.08 Å². The van der Waals surface area contributed by atoms with Gasteiger partial charge in [0.1, 0.15) is 0 Å². The second-order valence-corrected chi connectivity index (χ2v) is 4.41. The molecular weight excluding hydrogens is 264 g/mol. The highest BCUT2D eigenvalue weighted by molar-refractivity contribution is 6.07. The van der Waals surface area contributed by atoms with Crippen molar-refractivity contribution in [2.45, 2.75) is 6.92 Å². The molecule has 2 aromatic carbocycles. The van der Waals surface area contributed by atoms with Gasteiger partial charge in [0.25, 0.3) is 0 Å². The number of esters is 1. The SMILES string of the molecule is CCOC(=O)c1cccc(C(=O)/C=C/c2ccccc2)c1. The van der Waals surface area contributed by atoms with Crippen molar-refractivity contribution in [1.82, 2.24) is 0 Å². The summed E-state index contributed by atoms with van der Waals surface area (Å²) in [5, 5.41) is 0. The number of allylic oxidation sites excluding steroid dienone is 1. The summed E-state index contributed by atoms with van der Waals surface area (Å²) in [6.45, 7) is 2.06. The van der Waals surface area contributed by atoms with E-state index in [1.807, 2.05) is 30.3 Å². The molecule has 0 fully saturated rings. The number of hydrogen-bond donors (Lipinski definition) is 0. The standard InChI is InChI=1S/C18H16O3/c1-2-21-18(20)16-10-6-9-15(13-16)17(19)12-11-14-7-4-3-5-8-14/h3-13H,2H2,1H3/b12-11+. The van der Waals surface area contributed by atoms with Crippen LogP contribution in [-0.4, -0.2) is 18.4 Å². The minimum absolute atomic E-state index is 0.148. The molecule has 0 aliphatic heterocycles. The zero-order valence-electron chi connectivity index (χ0n) is 11.8. The van der Waals surface area contributed by atoms with Crippen LogP contribution in [0.25, 0.3) is 6.08 Å². The first-order valence-corrected chi connectivity index (χ1v) is 6.75. The van der Waals surface area contributed by atoms with E-state index in [-0.39, 0.29) is 5.78 Å². The zero-order chi connectivity index (χ0) is 15.1. The summed E-state index contributed by atoms with van der Waals surface area (Å²) in [5.74, 6) is -0.566. The Morgan fingerprint density at radius 1 is 1.00 bits per heavy atom. The number of ketones is 1. The second kappa shape index (κ2) is 7.20. The molecule has 106 valence electrons.